The molecule has 12 nitrogen and oxygen atoms in total. The highest BCUT2D eigenvalue weighted by Crippen LogP contribution is 2.46. The molecular weight excluding hydrogens is 622 g/mol. The fourth-order valence-electron chi connectivity index (χ4n) is 4.73. The maximum Gasteiger partial charge on any atom is 0.301 e. The van der Waals surface area contributed by atoms with Crippen LogP contribution >= 0.6 is 22.9 Å². The fraction of sp³-hybridized carbons (Fsp3) is 0.179. The van der Waals surface area contributed by atoms with Gasteiger partial charge in [0.05, 0.1) is 42.2 Å². The summed E-state index contributed by atoms with van der Waals surface area (Å²) in [6.07, 6.45) is 4.52. The number of hydrogen-bond acceptors (Lipinski definition) is 11. The lowest BCUT2D eigenvalue weighted by Gasteiger charge is -2.23. The highest BCUT2D eigenvalue weighted by molar-refractivity contribution is 7.94. The van der Waals surface area contributed by atoms with Gasteiger partial charge in [0.15, 0.2) is 26.5 Å². The monoisotopic (exact) mass is 643 g/mol. The molecule has 1 aliphatic carbocycles. The van der Waals surface area contributed by atoms with E-state index >= 15 is 0 Å². The number of anilines is 1. The van der Waals surface area contributed by atoms with Crippen molar-refractivity contribution in [2.45, 2.75) is 21.9 Å². The topological polar surface area (TPSA) is 166 Å². The first-order valence-corrected chi connectivity index (χ1v) is 15.2. The fourth-order valence-corrected chi connectivity index (χ4v) is 7.72. The first-order chi connectivity index (χ1) is 20.5. The van der Waals surface area contributed by atoms with E-state index in [1.165, 1.54) is 56.7 Å². The maximum absolute atomic E-state index is 13.5. The number of nitro groups is 1. The summed E-state index contributed by atoms with van der Waals surface area (Å²) < 4.78 is 37.3. The van der Waals surface area contributed by atoms with Crippen LogP contribution in [0.3, 0.4) is 0 Å². The van der Waals surface area contributed by atoms with E-state index in [-0.39, 0.29) is 38.3 Å². The number of aliphatic hydroxyl groups excluding tert-OH is 1. The number of thiazole rings is 1. The van der Waals surface area contributed by atoms with E-state index in [1.807, 2.05) is 0 Å². The van der Waals surface area contributed by atoms with Gasteiger partial charge in [-0.3, -0.25) is 24.6 Å². The number of allylic oxidation sites excluding steroid dienone is 2. The molecule has 1 aliphatic heterocycles. The summed E-state index contributed by atoms with van der Waals surface area (Å²) in [6.45, 7) is 0. The molecule has 1 saturated heterocycles. The summed E-state index contributed by atoms with van der Waals surface area (Å²) in [4.78, 5) is 42.6. The SMILES string of the molecule is COc1ccc(C2C(=C(O)c3ccc(Cl)cc3)C(=O)C(=O)N2c2ncc(S(=O)(=O)C3C=CC([N+](=O)[O-])=CC3)s2)cc1OC. The van der Waals surface area contributed by atoms with Crippen LogP contribution in [0.1, 0.15) is 23.6 Å². The van der Waals surface area contributed by atoms with Gasteiger partial charge in [-0.1, -0.05) is 35.1 Å². The highest BCUT2D eigenvalue weighted by atomic mass is 35.5. The number of benzene rings is 2. The van der Waals surface area contributed by atoms with Gasteiger partial charge in [0, 0.05) is 16.7 Å². The van der Waals surface area contributed by atoms with Crippen LogP contribution in [0.15, 0.2) is 82.4 Å². The van der Waals surface area contributed by atoms with Gasteiger partial charge in [-0.05, 0) is 54.5 Å². The average Bonchev–Trinajstić information content (AvgIpc) is 3.60. The summed E-state index contributed by atoms with van der Waals surface area (Å²) in [7, 11) is -1.21. The number of ether oxygens (including phenoxy) is 2. The molecule has 2 aromatic carbocycles. The lowest BCUT2D eigenvalue weighted by atomic mass is 9.95. The molecule has 0 saturated carbocycles. The molecule has 1 fully saturated rings. The number of nitrogens with zero attached hydrogens (tertiary/aromatic N) is 3. The Kier molecular flexibility index (Phi) is 8.10. The number of halogens is 1. The number of aromatic nitrogens is 1. The van der Waals surface area contributed by atoms with Gasteiger partial charge in [-0.2, -0.15) is 0 Å². The Labute approximate surface area is 254 Å². The van der Waals surface area contributed by atoms with Crippen molar-refractivity contribution in [2.75, 3.05) is 19.1 Å². The first kappa shape index (κ1) is 29.9. The van der Waals surface area contributed by atoms with Crippen molar-refractivity contribution in [3.8, 4) is 11.5 Å². The molecule has 5 rings (SSSR count). The van der Waals surface area contributed by atoms with Crippen LogP contribution < -0.4 is 14.4 Å². The molecule has 2 heterocycles. The zero-order valence-electron chi connectivity index (χ0n) is 22.5. The largest absolute Gasteiger partial charge is 0.507 e. The molecule has 0 spiro atoms. The Morgan fingerprint density at radius 2 is 1.84 bits per heavy atom. The van der Waals surface area contributed by atoms with Crippen LogP contribution in [0, 0.1) is 10.1 Å². The standard InChI is InChI=1S/C28H22ClN3O9S2/c1-40-20-12-5-16(13-21(20)41-2)24-23(25(33)15-3-6-17(29)7-4-15)26(34)27(35)31(24)28-30-14-22(42-28)43(38,39)19-10-8-18(9-11-19)32(36)37/h3-10,12-14,19,24,33H,11H2,1-2H3. The smallest absolute Gasteiger partial charge is 0.301 e. The average molecular weight is 644 g/mol. The normalized spacial score (nSPS) is 19.8. The molecule has 222 valence electrons. The van der Waals surface area contributed by atoms with Gasteiger partial charge in [-0.15, -0.1) is 0 Å². The Hall–Kier alpha value is -4.53. The highest BCUT2D eigenvalue weighted by Gasteiger charge is 2.48. The van der Waals surface area contributed by atoms with Crippen LogP contribution in [0.4, 0.5) is 5.13 Å². The van der Waals surface area contributed by atoms with E-state index in [0.29, 0.717) is 27.7 Å². The van der Waals surface area contributed by atoms with Crippen molar-refractivity contribution in [3.05, 3.63) is 104 Å². The number of hydrogen-bond donors (Lipinski definition) is 1. The van der Waals surface area contributed by atoms with Crippen LogP contribution in [0.5, 0.6) is 11.5 Å². The molecular formula is C28H22ClN3O9S2. The lowest BCUT2D eigenvalue weighted by molar-refractivity contribution is -0.419. The van der Waals surface area contributed by atoms with Crippen molar-refractivity contribution in [2.24, 2.45) is 0 Å². The Morgan fingerprint density at radius 1 is 1.14 bits per heavy atom. The minimum atomic E-state index is -4.06. The minimum Gasteiger partial charge on any atom is -0.507 e. The zero-order valence-corrected chi connectivity index (χ0v) is 24.9. The van der Waals surface area contributed by atoms with E-state index in [2.05, 4.69) is 4.98 Å². The Bertz CT molecular complexity index is 1850. The maximum atomic E-state index is 13.5. The van der Waals surface area contributed by atoms with Gasteiger partial charge >= 0.3 is 5.91 Å². The second kappa shape index (κ2) is 11.6. The summed E-state index contributed by atoms with van der Waals surface area (Å²) in [6, 6.07) is 9.46. The van der Waals surface area contributed by atoms with E-state index in [0.717, 1.165) is 17.2 Å². The summed E-state index contributed by atoms with van der Waals surface area (Å²) in [5.74, 6) is -1.87. The third kappa shape index (κ3) is 5.40. The third-order valence-electron chi connectivity index (χ3n) is 6.89. The van der Waals surface area contributed by atoms with E-state index in [9.17, 15) is 33.2 Å². The Balaban J connectivity index is 1.62. The van der Waals surface area contributed by atoms with Crippen molar-refractivity contribution < 1.29 is 37.5 Å². The second-order valence-corrected chi connectivity index (χ2v) is 13.2. The number of methoxy groups -OCH3 is 2. The number of amides is 1. The number of sulfone groups is 1. The quantitative estimate of drug-likeness (QED) is 0.119. The number of aliphatic hydroxyl groups is 1. The van der Waals surface area contributed by atoms with Gasteiger partial charge in [0.1, 0.15) is 9.97 Å². The molecule has 2 aliphatic rings. The van der Waals surface area contributed by atoms with Crippen LogP contribution in [-0.4, -0.2) is 54.6 Å². The number of ketones is 1. The molecule has 1 aromatic heterocycles. The molecule has 1 N–H and O–H groups in total. The molecule has 15 heteroatoms. The molecule has 0 bridgehead atoms. The number of carbonyl (C=O) groups is 2. The van der Waals surface area contributed by atoms with Crippen molar-refractivity contribution in [1.82, 2.24) is 4.98 Å². The van der Waals surface area contributed by atoms with Gasteiger partial charge in [0.2, 0.25) is 0 Å². The lowest BCUT2D eigenvalue weighted by Crippen LogP contribution is -2.29. The molecule has 0 radical (unpaired) electrons. The van der Waals surface area contributed by atoms with Gasteiger partial charge < -0.3 is 14.6 Å². The van der Waals surface area contributed by atoms with Crippen molar-refractivity contribution in [3.63, 3.8) is 0 Å². The third-order valence-corrected chi connectivity index (χ3v) is 10.7. The molecule has 3 aromatic rings. The minimum absolute atomic E-state index is 0.114. The molecule has 1 amide bonds. The second-order valence-electron chi connectivity index (χ2n) is 9.32. The number of carbonyl (C=O) groups excluding carboxylic acids is 2. The molecule has 2 unspecified atom stereocenters. The van der Waals surface area contributed by atoms with Gasteiger partial charge in [0.25, 0.3) is 11.5 Å². The van der Waals surface area contributed by atoms with Crippen LogP contribution in [0.25, 0.3) is 5.76 Å². The first-order valence-electron chi connectivity index (χ1n) is 12.5. The van der Waals surface area contributed by atoms with Crippen LogP contribution in [0.2, 0.25) is 5.02 Å². The molecule has 2 atom stereocenters. The summed E-state index contributed by atoms with van der Waals surface area (Å²) in [5.41, 5.74) is 0.100. The van der Waals surface area contributed by atoms with Crippen molar-refractivity contribution in [1.29, 1.82) is 0 Å². The van der Waals surface area contributed by atoms with E-state index < -0.39 is 43.5 Å². The summed E-state index contributed by atoms with van der Waals surface area (Å²) in [5, 5.41) is 21.5. The Morgan fingerprint density at radius 3 is 2.44 bits per heavy atom. The zero-order chi connectivity index (χ0) is 31.1. The van der Waals surface area contributed by atoms with E-state index in [1.54, 1.807) is 12.1 Å². The predicted octanol–water partition coefficient (Wildman–Crippen LogP) is 4.70. The number of Topliss-reactive ketones (excluding diaryl/α,β-unsaturated/α-hetero) is 1. The van der Waals surface area contributed by atoms with Crippen molar-refractivity contribution >= 4 is 55.4 Å². The van der Waals surface area contributed by atoms with E-state index in [4.69, 9.17) is 21.1 Å². The van der Waals surface area contributed by atoms with Gasteiger partial charge in [-0.25, -0.2) is 13.4 Å². The predicted molar refractivity (Wildman–Crippen MR) is 158 cm³/mol. The van der Waals surface area contributed by atoms with Crippen LogP contribution in [-0.2, 0) is 19.4 Å². The number of rotatable bonds is 8. The molecule has 43 heavy (non-hydrogen) atoms. The summed E-state index contributed by atoms with van der Waals surface area (Å²) >= 11 is 6.65.